The lowest BCUT2D eigenvalue weighted by Crippen LogP contribution is -2.34. The summed E-state index contributed by atoms with van der Waals surface area (Å²) in [5, 5.41) is 0.875. The normalized spacial score (nSPS) is 48.7. The molecule has 0 atom stereocenters. The average molecular weight is 225 g/mol. The molecule has 10 heavy (non-hydrogen) atoms. The Morgan fingerprint density at radius 2 is 2.10 bits per heavy atom. The zero-order chi connectivity index (χ0) is 7.41. The fourth-order valence-corrected chi connectivity index (χ4v) is 5.53. The van der Waals surface area contributed by atoms with Crippen LogP contribution in [0.1, 0.15) is 12.8 Å². The van der Waals surface area contributed by atoms with Gasteiger partial charge in [0.2, 0.25) is 0 Å². The van der Waals surface area contributed by atoms with Crippen molar-refractivity contribution < 1.29 is 8.42 Å². The van der Waals surface area contributed by atoms with Crippen molar-refractivity contribution in [2.75, 3.05) is 11.1 Å². The molecule has 0 aromatic carbocycles. The molecule has 58 valence electrons. The first-order chi connectivity index (χ1) is 4.58. The molecule has 1 aliphatic carbocycles. The van der Waals surface area contributed by atoms with Crippen LogP contribution in [0, 0.1) is 5.41 Å². The second kappa shape index (κ2) is 1.78. The number of sulfone groups is 1. The molecule has 4 heteroatoms. The Morgan fingerprint density at radius 3 is 2.30 bits per heavy atom. The van der Waals surface area contributed by atoms with Gasteiger partial charge in [0, 0.05) is 5.33 Å². The number of hydrogen-bond donors (Lipinski definition) is 0. The minimum Gasteiger partial charge on any atom is -0.229 e. The smallest absolute Gasteiger partial charge is 0.153 e. The average Bonchev–Trinajstić information content (AvgIpc) is 2.12. The highest BCUT2D eigenvalue weighted by Crippen LogP contribution is 2.54. The molecule has 2 aliphatic heterocycles. The summed E-state index contributed by atoms with van der Waals surface area (Å²) in [7, 11) is -2.65. The molecule has 3 aliphatic rings. The molecule has 0 unspecified atom stereocenters. The lowest BCUT2D eigenvalue weighted by atomic mass is 9.72. The molecule has 2 heterocycles. The van der Waals surface area contributed by atoms with Crippen molar-refractivity contribution in [2.45, 2.75) is 18.1 Å². The Balaban J connectivity index is 2.32. The van der Waals surface area contributed by atoms with Crippen LogP contribution in [0.3, 0.4) is 0 Å². The molecule has 0 N–H and O–H groups in total. The molecule has 0 aromatic heterocycles. The van der Waals surface area contributed by atoms with Gasteiger partial charge in [0.25, 0.3) is 0 Å². The predicted octanol–water partition coefficient (Wildman–Crippen LogP) is 0.959. The third-order valence-electron chi connectivity index (χ3n) is 2.62. The van der Waals surface area contributed by atoms with E-state index in [0.29, 0.717) is 5.75 Å². The summed E-state index contributed by atoms with van der Waals surface area (Å²) < 4.78 is 22.3. The Hall–Kier alpha value is 0.430. The monoisotopic (exact) mass is 224 g/mol. The maximum Gasteiger partial charge on any atom is 0.153 e. The minimum absolute atomic E-state index is 0.0186. The largest absolute Gasteiger partial charge is 0.229 e. The highest BCUT2D eigenvalue weighted by molar-refractivity contribution is 9.09. The summed E-state index contributed by atoms with van der Waals surface area (Å²) in [4.78, 5) is 0. The third kappa shape index (κ3) is 0.720. The number of alkyl halides is 1. The van der Waals surface area contributed by atoms with E-state index in [9.17, 15) is 8.42 Å². The summed E-state index contributed by atoms with van der Waals surface area (Å²) in [5.41, 5.74) is 0.142. The lowest BCUT2D eigenvalue weighted by Gasteiger charge is -2.33. The molecule has 0 radical (unpaired) electrons. The molecule has 0 aromatic rings. The molecular weight excluding hydrogens is 216 g/mol. The van der Waals surface area contributed by atoms with E-state index in [1.807, 2.05) is 0 Å². The standard InChI is InChI=1S/C6H9BrO2S/c7-3-6-1-5(2-6)10(8,9)4-6/h5H,1-4H2. The van der Waals surface area contributed by atoms with Crippen molar-refractivity contribution in [1.82, 2.24) is 0 Å². The van der Waals surface area contributed by atoms with Gasteiger partial charge in [-0.3, -0.25) is 0 Å². The van der Waals surface area contributed by atoms with Gasteiger partial charge in [-0.2, -0.15) is 0 Å². The first-order valence-corrected chi connectivity index (χ1v) is 6.19. The van der Waals surface area contributed by atoms with Crippen molar-refractivity contribution in [2.24, 2.45) is 5.41 Å². The van der Waals surface area contributed by atoms with Crippen LogP contribution in [0.25, 0.3) is 0 Å². The second-order valence-electron chi connectivity index (χ2n) is 3.47. The van der Waals surface area contributed by atoms with E-state index in [2.05, 4.69) is 15.9 Å². The van der Waals surface area contributed by atoms with E-state index in [1.165, 1.54) is 0 Å². The topological polar surface area (TPSA) is 34.1 Å². The van der Waals surface area contributed by atoms with Crippen molar-refractivity contribution in [3.05, 3.63) is 0 Å². The van der Waals surface area contributed by atoms with Gasteiger partial charge in [0.1, 0.15) is 0 Å². The molecular formula is C6H9BrO2S. The van der Waals surface area contributed by atoms with Crippen LogP contribution in [-0.2, 0) is 9.84 Å². The number of hydrogen-bond acceptors (Lipinski definition) is 2. The number of fused-ring (bicyclic) bond motifs is 1. The van der Waals surface area contributed by atoms with Gasteiger partial charge < -0.3 is 0 Å². The van der Waals surface area contributed by atoms with Crippen molar-refractivity contribution >= 4 is 25.8 Å². The number of rotatable bonds is 1. The van der Waals surface area contributed by atoms with Crippen LogP contribution >= 0.6 is 15.9 Å². The van der Waals surface area contributed by atoms with Gasteiger partial charge in [-0.1, -0.05) is 15.9 Å². The third-order valence-corrected chi connectivity index (χ3v) is 6.17. The fourth-order valence-electron chi connectivity index (χ4n) is 1.97. The Bertz CT molecular complexity index is 251. The molecule has 2 saturated heterocycles. The minimum atomic E-state index is -2.65. The van der Waals surface area contributed by atoms with E-state index >= 15 is 0 Å². The van der Waals surface area contributed by atoms with Gasteiger partial charge in [0.15, 0.2) is 9.84 Å². The highest BCUT2D eigenvalue weighted by Gasteiger charge is 2.58. The molecule has 0 spiro atoms. The Morgan fingerprint density at radius 1 is 1.50 bits per heavy atom. The SMILES string of the molecule is O=S1(=O)CC2(CBr)CC1C2. The predicted molar refractivity (Wildman–Crippen MR) is 43.0 cm³/mol. The van der Waals surface area contributed by atoms with Gasteiger partial charge in [-0.25, -0.2) is 8.42 Å². The summed E-state index contributed by atoms with van der Waals surface area (Å²) in [6.07, 6.45) is 1.81. The van der Waals surface area contributed by atoms with Crippen LogP contribution in [0.2, 0.25) is 0 Å². The first kappa shape index (κ1) is 7.10. The fraction of sp³-hybridized carbons (Fsp3) is 1.00. The van der Waals surface area contributed by atoms with E-state index < -0.39 is 9.84 Å². The highest BCUT2D eigenvalue weighted by atomic mass is 79.9. The quantitative estimate of drug-likeness (QED) is 0.623. The molecule has 3 rings (SSSR count). The molecule has 2 bridgehead atoms. The van der Waals surface area contributed by atoms with E-state index in [1.54, 1.807) is 0 Å². The zero-order valence-corrected chi connectivity index (χ0v) is 7.91. The van der Waals surface area contributed by atoms with Gasteiger partial charge in [0.05, 0.1) is 11.0 Å². The number of halogens is 1. The van der Waals surface area contributed by atoms with Crippen molar-refractivity contribution in [3.63, 3.8) is 0 Å². The first-order valence-electron chi connectivity index (χ1n) is 3.36. The maximum absolute atomic E-state index is 11.1. The van der Waals surface area contributed by atoms with Gasteiger partial charge in [-0.05, 0) is 18.3 Å². The van der Waals surface area contributed by atoms with E-state index in [4.69, 9.17) is 0 Å². The molecule has 1 saturated carbocycles. The van der Waals surface area contributed by atoms with Crippen LogP contribution in [0.4, 0.5) is 0 Å². The zero-order valence-electron chi connectivity index (χ0n) is 5.51. The maximum atomic E-state index is 11.1. The summed E-state index contributed by atoms with van der Waals surface area (Å²) >= 11 is 3.36. The molecule has 0 amide bonds. The van der Waals surface area contributed by atoms with E-state index in [0.717, 1.165) is 18.2 Å². The van der Waals surface area contributed by atoms with Crippen LogP contribution < -0.4 is 0 Å². The van der Waals surface area contributed by atoms with Crippen LogP contribution in [0.15, 0.2) is 0 Å². The summed E-state index contributed by atoms with van der Waals surface area (Å²) in [6, 6.07) is 0. The van der Waals surface area contributed by atoms with Crippen molar-refractivity contribution in [3.8, 4) is 0 Å². The Labute approximate surface area is 69.0 Å². The molecule has 3 fully saturated rings. The van der Waals surface area contributed by atoms with Crippen LogP contribution in [-0.4, -0.2) is 24.8 Å². The molecule has 2 nitrogen and oxygen atoms in total. The van der Waals surface area contributed by atoms with E-state index in [-0.39, 0.29) is 10.7 Å². The lowest BCUT2D eigenvalue weighted by molar-refractivity contribution is 0.242. The van der Waals surface area contributed by atoms with Gasteiger partial charge in [-0.15, -0.1) is 0 Å². The van der Waals surface area contributed by atoms with Crippen LogP contribution in [0.5, 0.6) is 0 Å². The Kier molecular flexibility index (Phi) is 1.26. The second-order valence-corrected chi connectivity index (χ2v) is 6.31. The summed E-state index contributed by atoms with van der Waals surface area (Å²) in [6.45, 7) is 0. The van der Waals surface area contributed by atoms with Gasteiger partial charge >= 0.3 is 0 Å². The van der Waals surface area contributed by atoms with Crippen molar-refractivity contribution in [1.29, 1.82) is 0 Å². The summed E-state index contributed by atoms with van der Waals surface area (Å²) in [5.74, 6) is 0.427.